The molecule has 5 rings (SSSR count). The van der Waals surface area contributed by atoms with Gasteiger partial charge in [-0.2, -0.15) is 5.26 Å². The summed E-state index contributed by atoms with van der Waals surface area (Å²) in [7, 11) is 0. The van der Waals surface area contributed by atoms with Crippen LogP contribution in [0.5, 0.6) is 11.5 Å². The molecule has 7 heteroatoms. The van der Waals surface area contributed by atoms with E-state index >= 15 is 0 Å². The average molecular weight is 414 g/mol. The summed E-state index contributed by atoms with van der Waals surface area (Å²) in [6, 6.07) is 13.8. The van der Waals surface area contributed by atoms with Crippen LogP contribution in [0, 0.1) is 24.2 Å². The van der Waals surface area contributed by atoms with Crippen molar-refractivity contribution in [2.75, 3.05) is 30.1 Å². The number of anilines is 2. The van der Waals surface area contributed by atoms with E-state index in [1.807, 2.05) is 25.1 Å². The lowest BCUT2D eigenvalue weighted by molar-refractivity contribution is -0.120. The Morgan fingerprint density at radius 3 is 2.77 bits per heavy atom. The minimum Gasteiger partial charge on any atom is -0.454 e. The average Bonchev–Trinajstić information content (AvgIpc) is 3.26. The highest BCUT2D eigenvalue weighted by Crippen LogP contribution is 2.35. The Kier molecular flexibility index (Phi) is 4.83. The number of aromatic nitrogens is 1. The number of nitrogens with one attached hydrogen (secondary N) is 1. The van der Waals surface area contributed by atoms with Crippen molar-refractivity contribution in [1.29, 1.82) is 5.26 Å². The first-order valence-corrected chi connectivity index (χ1v) is 10.4. The number of rotatable bonds is 3. The summed E-state index contributed by atoms with van der Waals surface area (Å²) in [5.41, 5.74) is 4.21. The summed E-state index contributed by atoms with van der Waals surface area (Å²) in [4.78, 5) is 19.5. The lowest BCUT2D eigenvalue weighted by Gasteiger charge is -2.34. The van der Waals surface area contributed by atoms with Gasteiger partial charge in [-0.15, -0.1) is 0 Å². The van der Waals surface area contributed by atoms with Gasteiger partial charge in [-0.1, -0.05) is 11.6 Å². The fourth-order valence-electron chi connectivity index (χ4n) is 4.30. The van der Waals surface area contributed by atoms with Gasteiger partial charge in [-0.05, 0) is 44.0 Å². The number of nitriles is 1. The number of hydrogen-bond donors (Lipinski definition) is 1. The molecule has 0 aliphatic carbocycles. The molecule has 1 saturated heterocycles. The summed E-state index contributed by atoms with van der Waals surface area (Å²) in [6.45, 7) is 3.66. The number of nitrogens with zero attached hydrogens (tertiary/aromatic N) is 3. The van der Waals surface area contributed by atoms with E-state index in [0.29, 0.717) is 35.8 Å². The highest BCUT2D eigenvalue weighted by atomic mass is 16.7. The van der Waals surface area contributed by atoms with Gasteiger partial charge >= 0.3 is 0 Å². The minimum absolute atomic E-state index is 0.00875. The fourth-order valence-corrected chi connectivity index (χ4v) is 4.30. The number of carbonyl (C=O) groups is 1. The van der Waals surface area contributed by atoms with E-state index in [1.165, 1.54) is 0 Å². The third-order valence-electron chi connectivity index (χ3n) is 5.94. The van der Waals surface area contributed by atoms with Crippen LogP contribution in [0.2, 0.25) is 0 Å². The van der Waals surface area contributed by atoms with Crippen molar-refractivity contribution in [3.8, 4) is 17.6 Å². The van der Waals surface area contributed by atoms with Crippen molar-refractivity contribution >= 4 is 28.2 Å². The summed E-state index contributed by atoms with van der Waals surface area (Å²) < 4.78 is 10.7. The topological polar surface area (TPSA) is 87.5 Å². The Labute approximate surface area is 180 Å². The van der Waals surface area contributed by atoms with Gasteiger partial charge in [-0.25, -0.2) is 0 Å². The van der Waals surface area contributed by atoms with E-state index in [-0.39, 0.29) is 18.6 Å². The lowest BCUT2D eigenvalue weighted by Crippen LogP contribution is -2.38. The third kappa shape index (κ3) is 3.61. The van der Waals surface area contributed by atoms with Crippen molar-refractivity contribution in [2.24, 2.45) is 5.92 Å². The van der Waals surface area contributed by atoms with Gasteiger partial charge < -0.3 is 19.7 Å². The second-order valence-electron chi connectivity index (χ2n) is 7.97. The van der Waals surface area contributed by atoms with E-state index in [0.717, 1.165) is 35.0 Å². The molecule has 156 valence electrons. The van der Waals surface area contributed by atoms with E-state index in [4.69, 9.17) is 9.47 Å². The molecule has 0 bridgehead atoms. The number of amides is 1. The maximum atomic E-state index is 12.8. The predicted octanol–water partition coefficient (Wildman–Crippen LogP) is 4.00. The molecule has 0 atom stereocenters. The predicted molar refractivity (Wildman–Crippen MR) is 117 cm³/mol. The molecule has 1 fully saturated rings. The Hall–Kier alpha value is -3.79. The number of ether oxygens (including phenoxy) is 2. The van der Waals surface area contributed by atoms with Crippen LogP contribution in [0.4, 0.5) is 11.4 Å². The van der Waals surface area contributed by atoms with Crippen LogP contribution in [0.1, 0.15) is 24.0 Å². The number of fused-ring (bicyclic) bond motifs is 2. The van der Waals surface area contributed by atoms with Gasteiger partial charge in [0.15, 0.2) is 11.5 Å². The normalized spacial score (nSPS) is 15.7. The highest BCUT2D eigenvalue weighted by Gasteiger charge is 2.27. The Morgan fingerprint density at radius 1 is 1.16 bits per heavy atom. The van der Waals surface area contributed by atoms with Crippen molar-refractivity contribution in [3.05, 3.63) is 53.7 Å². The number of benzene rings is 2. The quantitative estimate of drug-likeness (QED) is 0.697. The third-order valence-corrected chi connectivity index (χ3v) is 5.94. The largest absolute Gasteiger partial charge is 0.454 e. The van der Waals surface area contributed by atoms with E-state index in [1.54, 1.807) is 18.3 Å². The van der Waals surface area contributed by atoms with Gasteiger partial charge in [0.1, 0.15) is 6.07 Å². The molecule has 2 aliphatic heterocycles. The zero-order valence-corrected chi connectivity index (χ0v) is 17.2. The summed E-state index contributed by atoms with van der Waals surface area (Å²) >= 11 is 0. The molecule has 2 aliphatic rings. The summed E-state index contributed by atoms with van der Waals surface area (Å²) in [6.07, 6.45) is 3.08. The Balaban J connectivity index is 1.31. The van der Waals surface area contributed by atoms with Crippen LogP contribution in [0.15, 0.2) is 42.6 Å². The van der Waals surface area contributed by atoms with Crippen molar-refractivity contribution in [1.82, 2.24) is 4.98 Å². The standard InChI is InChI=1S/C24H22N4O3/c1-15-2-4-20-19(10-15)23(17(12-25)13-26-20)28-8-6-16(7-9-28)24(29)27-18-3-5-21-22(11-18)31-14-30-21/h2-5,10-11,13,16H,6-9,14H2,1H3,(H,27,29). The number of hydrogen-bond acceptors (Lipinski definition) is 6. The fraction of sp³-hybridized carbons (Fsp3) is 0.292. The lowest BCUT2D eigenvalue weighted by atomic mass is 9.94. The van der Waals surface area contributed by atoms with Crippen LogP contribution >= 0.6 is 0 Å². The monoisotopic (exact) mass is 414 g/mol. The van der Waals surface area contributed by atoms with Gasteiger partial charge in [0.25, 0.3) is 0 Å². The summed E-state index contributed by atoms with van der Waals surface area (Å²) in [5, 5.41) is 13.6. The first kappa shape index (κ1) is 19.2. The minimum atomic E-state index is -0.0814. The maximum Gasteiger partial charge on any atom is 0.231 e. The molecule has 0 saturated carbocycles. The number of pyridine rings is 1. The van der Waals surface area contributed by atoms with Crippen LogP contribution < -0.4 is 19.7 Å². The second kappa shape index (κ2) is 7.80. The number of aryl methyl sites for hydroxylation is 1. The first-order valence-electron chi connectivity index (χ1n) is 10.4. The van der Waals surface area contributed by atoms with Gasteiger partial charge in [0.2, 0.25) is 12.7 Å². The molecule has 1 aromatic heterocycles. The first-order chi connectivity index (χ1) is 15.1. The Morgan fingerprint density at radius 2 is 1.97 bits per heavy atom. The SMILES string of the molecule is Cc1ccc2ncc(C#N)c(N3CCC(C(=O)Nc4ccc5c(c4)OCO5)CC3)c2c1. The molecule has 1 N–H and O–H groups in total. The van der Waals surface area contributed by atoms with Crippen molar-refractivity contribution in [2.45, 2.75) is 19.8 Å². The summed E-state index contributed by atoms with van der Waals surface area (Å²) in [5.74, 6) is 1.27. The molecule has 0 radical (unpaired) electrons. The molecule has 2 aromatic carbocycles. The van der Waals surface area contributed by atoms with Crippen LogP contribution in [0.25, 0.3) is 10.9 Å². The molecule has 7 nitrogen and oxygen atoms in total. The zero-order chi connectivity index (χ0) is 21.4. The Bertz CT molecular complexity index is 1210. The molecular formula is C24H22N4O3. The highest BCUT2D eigenvalue weighted by molar-refractivity contribution is 5.96. The molecule has 1 amide bonds. The molecular weight excluding hydrogens is 392 g/mol. The van der Waals surface area contributed by atoms with Gasteiger partial charge in [0, 0.05) is 42.3 Å². The molecule has 0 spiro atoms. The molecule has 0 unspecified atom stereocenters. The zero-order valence-electron chi connectivity index (χ0n) is 17.2. The van der Waals surface area contributed by atoms with Crippen LogP contribution in [-0.4, -0.2) is 30.8 Å². The van der Waals surface area contributed by atoms with E-state index in [2.05, 4.69) is 27.3 Å². The number of piperidine rings is 1. The van der Waals surface area contributed by atoms with Crippen LogP contribution in [0.3, 0.4) is 0 Å². The van der Waals surface area contributed by atoms with Crippen molar-refractivity contribution in [3.63, 3.8) is 0 Å². The van der Waals surface area contributed by atoms with E-state index < -0.39 is 0 Å². The van der Waals surface area contributed by atoms with Crippen LogP contribution in [-0.2, 0) is 4.79 Å². The number of carbonyl (C=O) groups excluding carboxylic acids is 1. The van der Waals surface area contributed by atoms with Gasteiger partial charge in [0.05, 0.1) is 16.8 Å². The smallest absolute Gasteiger partial charge is 0.231 e. The molecule has 31 heavy (non-hydrogen) atoms. The second-order valence-corrected chi connectivity index (χ2v) is 7.97. The molecule has 3 aromatic rings. The molecule has 3 heterocycles. The maximum absolute atomic E-state index is 12.8. The van der Waals surface area contributed by atoms with Crippen molar-refractivity contribution < 1.29 is 14.3 Å². The van der Waals surface area contributed by atoms with Gasteiger partial charge in [-0.3, -0.25) is 9.78 Å². The van der Waals surface area contributed by atoms with E-state index in [9.17, 15) is 10.1 Å².